The van der Waals surface area contributed by atoms with E-state index >= 15 is 0 Å². The topological polar surface area (TPSA) is 35.2 Å². The molecule has 1 aromatic carbocycles. The largest absolute Gasteiger partial charge is 0.493 e. The molecule has 0 bridgehead atoms. The van der Waals surface area contributed by atoms with Crippen LogP contribution < -0.4 is 10.5 Å². The summed E-state index contributed by atoms with van der Waals surface area (Å²) in [6.45, 7) is 3.85. The first-order chi connectivity index (χ1) is 8.33. The number of nitrogens with two attached hydrogens (primary N) is 1. The molecule has 2 rings (SSSR count). The van der Waals surface area contributed by atoms with Crippen molar-refractivity contribution >= 4 is 0 Å². The van der Waals surface area contributed by atoms with Gasteiger partial charge in [-0.2, -0.15) is 0 Å². The summed E-state index contributed by atoms with van der Waals surface area (Å²) in [5, 5.41) is 0. The molecule has 0 aliphatic heterocycles. The van der Waals surface area contributed by atoms with E-state index in [1.54, 1.807) is 0 Å². The Morgan fingerprint density at radius 1 is 1.35 bits per heavy atom. The van der Waals surface area contributed by atoms with Gasteiger partial charge in [-0.15, -0.1) is 0 Å². The van der Waals surface area contributed by atoms with Crippen molar-refractivity contribution in [2.75, 3.05) is 13.2 Å². The molecular formula is C15H23NO. The van der Waals surface area contributed by atoms with Gasteiger partial charge in [0.05, 0.1) is 6.61 Å². The first kappa shape index (κ1) is 12.4. The van der Waals surface area contributed by atoms with E-state index in [4.69, 9.17) is 10.5 Å². The van der Waals surface area contributed by atoms with Gasteiger partial charge in [-0.3, -0.25) is 0 Å². The lowest BCUT2D eigenvalue weighted by atomic mass is 10.0. The number of hydrogen-bond acceptors (Lipinski definition) is 2. The number of rotatable bonds is 7. The van der Waals surface area contributed by atoms with Gasteiger partial charge in [-0.25, -0.2) is 0 Å². The maximum Gasteiger partial charge on any atom is 0.122 e. The quantitative estimate of drug-likeness (QED) is 0.786. The minimum atomic E-state index is 0.765. The molecule has 0 spiro atoms. The molecule has 0 aromatic heterocycles. The molecule has 94 valence electrons. The van der Waals surface area contributed by atoms with Gasteiger partial charge >= 0.3 is 0 Å². The van der Waals surface area contributed by atoms with E-state index in [9.17, 15) is 0 Å². The fourth-order valence-corrected chi connectivity index (χ4v) is 2.00. The maximum absolute atomic E-state index is 5.89. The minimum absolute atomic E-state index is 0.765. The van der Waals surface area contributed by atoms with Gasteiger partial charge in [-0.1, -0.05) is 19.1 Å². The molecule has 0 radical (unpaired) electrons. The average Bonchev–Trinajstić information content (AvgIpc) is 3.18. The Labute approximate surface area is 104 Å². The normalized spacial score (nSPS) is 14.9. The molecule has 2 nitrogen and oxygen atoms in total. The van der Waals surface area contributed by atoms with Crippen LogP contribution in [0.3, 0.4) is 0 Å². The third-order valence-corrected chi connectivity index (χ3v) is 3.35. The van der Waals surface area contributed by atoms with Crippen molar-refractivity contribution in [3.63, 3.8) is 0 Å². The van der Waals surface area contributed by atoms with Gasteiger partial charge in [0.1, 0.15) is 5.75 Å². The highest BCUT2D eigenvalue weighted by molar-refractivity contribution is 5.37. The number of aryl methyl sites for hydroxylation is 2. The van der Waals surface area contributed by atoms with Gasteiger partial charge in [0.15, 0.2) is 0 Å². The van der Waals surface area contributed by atoms with Crippen molar-refractivity contribution in [1.82, 2.24) is 0 Å². The zero-order chi connectivity index (χ0) is 12.1. The molecule has 2 N–H and O–H groups in total. The number of hydrogen-bond donors (Lipinski definition) is 1. The first-order valence-electron chi connectivity index (χ1n) is 6.78. The van der Waals surface area contributed by atoms with Crippen LogP contribution in [0.4, 0.5) is 0 Å². The molecule has 2 heteroatoms. The highest BCUT2D eigenvalue weighted by atomic mass is 16.5. The van der Waals surface area contributed by atoms with Crippen LogP contribution in [-0.4, -0.2) is 13.2 Å². The molecule has 0 saturated heterocycles. The molecule has 1 saturated carbocycles. The van der Waals surface area contributed by atoms with E-state index in [1.807, 2.05) is 0 Å². The van der Waals surface area contributed by atoms with E-state index < -0.39 is 0 Å². The molecule has 0 heterocycles. The number of ether oxygens (including phenoxy) is 1. The second-order valence-electron chi connectivity index (χ2n) is 4.94. The Bertz CT molecular complexity index is 358. The van der Waals surface area contributed by atoms with Crippen LogP contribution in [0.25, 0.3) is 0 Å². The predicted octanol–water partition coefficient (Wildman–Crippen LogP) is 2.93. The maximum atomic E-state index is 5.89. The summed E-state index contributed by atoms with van der Waals surface area (Å²) in [7, 11) is 0. The highest BCUT2D eigenvalue weighted by Crippen LogP contribution is 2.30. The van der Waals surface area contributed by atoms with E-state index in [0.717, 1.165) is 44.1 Å². The van der Waals surface area contributed by atoms with Crippen molar-refractivity contribution in [2.24, 2.45) is 11.7 Å². The summed E-state index contributed by atoms with van der Waals surface area (Å²) in [5.74, 6) is 1.90. The Morgan fingerprint density at radius 3 is 2.82 bits per heavy atom. The molecule has 1 aliphatic rings. The average molecular weight is 233 g/mol. The lowest BCUT2D eigenvalue weighted by Crippen LogP contribution is -2.03. The zero-order valence-electron chi connectivity index (χ0n) is 10.7. The summed E-state index contributed by atoms with van der Waals surface area (Å²) < 4.78 is 5.89. The second-order valence-corrected chi connectivity index (χ2v) is 4.94. The third-order valence-electron chi connectivity index (χ3n) is 3.35. The summed E-state index contributed by atoms with van der Waals surface area (Å²) in [6.07, 6.45) is 5.86. The summed E-state index contributed by atoms with van der Waals surface area (Å²) >= 11 is 0. The standard InChI is InChI=1S/C15H23NO/c1-2-14-10-12(4-3-9-16)7-8-15(14)17-11-13-5-6-13/h7-8,10,13H,2-6,9,11,16H2,1H3. The molecule has 0 atom stereocenters. The molecular weight excluding hydrogens is 210 g/mol. The predicted molar refractivity (Wildman–Crippen MR) is 71.4 cm³/mol. The Balaban J connectivity index is 1.98. The fourth-order valence-electron chi connectivity index (χ4n) is 2.00. The van der Waals surface area contributed by atoms with Crippen molar-refractivity contribution in [3.8, 4) is 5.75 Å². The molecule has 1 fully saturated rings. The van der Waals surface area contributed by atoms with Crippen molar-refractivity contribution < 1.29 is 4.74 Å². The van der Waals surface area contributed by atoms with Crippen LogP contribution in [0.5, 0.6) is 5.75 Å². The van der Waals surface area contributed by atoms with Crippen molar-refractivity contribution in [2.45, 2.75) is 39.0 Å². The lowest BCUT2D eigenvalue weighted by molar-refractivity contribution is 0.297. The van der Waals surface area contributed by atoms with Gasteiger partial charge in [0.25, 0.3) is 0 Å². The Morgan fingerprint density at radius 2 is 2.18 bits per heavy atom. The van der Waals surface area contributed by atoms with Crippen molar-refractivity contribution in [1.29, 1.82) is 0 Å². The molecule has 1 aromatic rings. The van der Waals surface area contributed by atoms with Crippen LogP contribution in [-0.2, 0) is 12.8 Å². The van der Waals surface area contributed by atoms with Crippen molar-refractivity contribution in [3.05, 3.63) is 29.3 Å². The van der Waals surface area contributed by atoms with Crippen LogP contribution in [0.2, 0.25) is 0 Å². The monoisotopic (exact) mass is 233 g/mol. The third kappa shape index (κ3) is 3.74. The van der Waals surface area contributed by atoms with Gasteiger partial charge in [0.2, 0.25) is 0 Å². The van der Waals surface area contributed by atoms with E-state index in [1.165, 1.54) is 24.0 Å². The molecule has 17 heavy (non-hydrogen) atoms. The van der Waals surface area contributed by atoms with E-state index in [0.29, 0.717) is 0 Å². The van der Waals surface area contributed by atoms with Gasteiger partial charge < -0.3 is 10.5 Å². The smallest absolute Gasteiger partial charge is 0.122 e. The summed E-state index contributed by atoms with van der Waals surface area (Å²) in [6, 6.07) is 6.59. The fraction of sp³-hybridized carbons (Fsp3) is 0.600. The zero-order valence-corrected chi connectivity index (χ0v) is 10.7. The Hall–Kier alpha value is -1.02. The SMILES string of the molecule is CCc1cc(CCCN)ccc1OCC1CC1. The second kappa shape index (κ2) is 6.06. The van der Waals surface area contributed by atoms with E-state index in [2.05, 4.69) is 25.1 Å². The number of benzene rings is 1. The first-order valence-corrected chi connectivity index (χ1v) is 6.78. The van der Waals surface area contributed by atoms with E-state index in [-0.39, 0.29) is 0 Å². The molecule has 1 aliphatic carbocycles. The van der Waals surface area contributed by atoms with Crippen LogP contribution >= 0.6 is 0 Å². The Kier molecular flexibility index (Phi) is 4.43. The van der Waals surface area contributed by atoms with Crippen LogP contribution in [0.15, 0.2) is 18.2 Å². The molecule has 0 amide bonds. The minimum Gasteiger partial charge on any atom is -0.493 e. The van der Waals surface area contributed by atoms with Gasteiger partial charge in [0, 0.05) is 0 Å². The highest BCUT2D eigenvalue weighted by Gasteiger charge is 2.22. The van der Waals surface area contributed by atoms with Crippen LogP contribution in [0, 0.1) is 5.92 Å². The van der Waals surface area contributed by atoms with Gasteiger partial charge in [-0.05, 0) is 61.8 Å². The molecule has 0 unspecified atom stereocenters. The lowest BCUT2D eigenvalue weighted by Gasteiger charge is -2.12. The van der Waals surface area contributed by atoms with Crippen LogP contribution in [0.1, 0.15) is 37.3 Å². The summed E-state index contributed by atoms with van der Waals surface area (Å²) in [5.41, 5.74) is 8.25. The summed E-state index contributed by atoms with van der Waals surface area (Å²) in [4.78, 5) is 0.